The molecule has 2 fully saturated rings. The number of carbonyl (C=O) groups is 1. The maximum Gasteiger partial charge on any atom is 0.223 e. The van der Waals surface area contributed by atoms with Crippen LogP contribution in [0.1, 0.15) is 44.3 Å². The molecule has 1 saturated heterocycles. The van der Waals surface area contributed by atoms with Crippen LogP contribution >= 0.6 is 0 Å². The van der Waals surface area contributed by atoms with Crippen LogP contribution in [0.4, 0.5) is 0 Å². The van der Waals surface area contributed by atoms with Crippen molar-refractivity contribution in [2.75, 3.05) is 11.5 Å². The summed E-state index contributed by atoms with van der Waals surface area (Å²) in [6.45, 7) is 0.496. The molecule has 0 radical (unpaired) electrons. The zero-order valence-electron chi connectivity index (χ0n) is 12.7. The summed E-state index contributed by atoms with van der Waals surface area (Å²) in [6, 6.07) is 3.99. The molecule has 122 valence electrons. The van der Waals surface area contributed by atoms with Gasteiger partial charge in [-0.1, -0.05) is 12.8 Å². The average Bonchev–Trinajstić information content (AvgIpc) is 3.18. The van der Waals surface area contributed by atoms with E-state index in [1.165, 1.54) is 0 Å². The molecule has 0 bridgehead atoms. The molecule has 1 aliphatic carbocycles. The van der Waals surface area contributed by atoms with Crippen molar-refractivity contribution < 1.29 is 17.6 Å². The normalized spacial score (nSPS) is 24.6. The van der Waals surface area contributed by atoms with Gasteiger partial charge < -0.3 is 9.32 Å². The van der Waals surface area contributed by atoms with Gasteiger partial charge in [0.15, 0.2) is 9.84 Å². The summed E-state index contributed by atoms with van der Waals surface area (Å²) in [5.74, 6) is 1.24. The third-order valence-corrected chi connectivity index (χ3v) is 6.62. The van der Waals surface area contributed by atoms with Crippen LogP contribution < -0.4 is 0 Å². The van der Waals surface area contributed by atoms with E-state index < -0.39 is 9.84 Å². The number of rotatable bonds is 5. The van der Waals surface area contributed by atoms with Crippen LogP contribution in [0.3, 0.4) is 0 Å². The SMILES string of the molecule is O=C(C[C@@H]1CCS(=O)(=O)C1)N(Cc1ccco1)C1CCCC1. The fraction of sp³-hybridized carbons (Fsp3) is 0.688. The number of furan rings is 1. The lowest BCUT2D eigenvalue weighted by atomic mass is 10.0. The molecule has 22 heavy (non-hydrogen) atoms. The highest BCUT2D eigenvalue weighted by atomic mass is 32.2. The van der Waals surface area contributed by atoms with Gasteiger partial charge in [0.25, 0.3) is 0 Å². The van der Waals surface area contributed by atoms with Gasteiger partial charge in [-0.05, 0) is 37.3 Å². The summed E-state index contributed by atoms with van der Waals surface area (Å²) in [5, 5.41) is 0. The lowest BCUT2D eigenvalue weighted by molar-refractivity contribution is -0.135. The first-order valence-corrected chi connectivity index (χ1v) is 9.88. The van der Waals surface area contributed by atoms with Crippen molar-refractivity contribution in [2.45, 2.75) is 51.1 Å². The van der Waals surface area contributed by atoms with Crippen molar-refractivity contribution in [1.29, 1.82) is 0 Å². The lowest BCUT2D eigenvalue weighted by Crippen LogP contribution is -2.39. The second-order valence-corrected chi connectivity index (χ2v) is 8.74. The Kier molecular flexibility index (Phi) is 4.57. The highest BCUT2D eigenvalue weighted by Crippen LogP contribution is 2.28. The van der Waals surface area contributed by atoms with Gasteiger partial charge in [0.1, 0.15) is 5.76 Å². The molecule has 3 rings (SSSR count). The van der Waals surface area contributed by atoms with E-state index in [1.54, 1.807) is 6.26 Å². The standard InChI is InChI=1S/C16H23NO4S/c18-16(10-13-7-9-22(19,20)12-13)17(14-4-1-2-5-14)11-15-6-3-8-21-15/h3,6,8,13-14H,1-2,4-5,7,9-12H2/t13-/m0/s1. The molecule has 1 aliphatic heterocycles. The Balaban J connectivity index is 1.66. The van der Waals surface area contributed by atoms with E-state index >= 15 is 0 Å². The highest BCUT2D eigenvalue weighted by Gasteiger charge is 2.33. The first-order chi connectivity index (χ1) is 10.5. The molecule has 0 aromatic carbocycles. The summed E-state index contributed by atoms with van der Waals surface area (Å²) in [7, 11) is -2.93. The minimum absolute atomic E-state index is 0.0157. The molecule has 2 aliphatic rings. The minimum atomic E-state index is -2.93. The van der Waals surface area contributed by atoms with E-state index in [9.17, 15) is 13.2 Å². The number of amides is 1. The molecule has 5 nitrogen and oxygen atoms in total. The van der Waals surface area contributed by atoms with Crippen LogP contribution in [0, 0.1) is 5.92 Å². The van der Waals surface area contributed by atoms with Gasteiger partial charge in [0.05, 0.1) is 24.3 Å². The number of nitrogens with zero attached hydrogens (tertiary/aromatic N) is 1. The van der Waals surface area contributed by atoms with Crippen molar-refractivity contribution in [3.8, 4) is 0 Å². The molecule has 0 spiro atoms. The number of carbonyl (C=O) groups excluding carboxylic acids is 1. The Morgan fingerprint density at radius 1 is 1.27 bits per heavy atom. The molecule has 0 unspecified atom stereocenters. The van der Waals surface area contributed by atoms with E-state index in [-0.39, 0.29) is 29.4 Å². The molecule has 1 aromatic rings. The molecular weight excluding hydrogens is 302 g/mol. The van der Waals surface area contributed by atoms with Crippen LogP contribution in [0.15, 0.2) is 22.8 Å². The van der Waals surface area contributed by atoms with E-state index in [0.717, 1.165) is 31.4 Å². The predicted molar refractivity (Wildman–Crippen MR) is 82.9 cm³/mol. The summed E-state index contributed by atoms with van der Waals surface area (Å²) < 4.78 is 28.5. The maximum atomic E-state index is 12.7. The Hall–Kier alpha value is -1.30. The third-order valence-electron chi connectivity index (χ3n) is 4.78. The fourth-order valence-electron chi connectivity index (χ4n) is 3.60. The van der Waals surface area contributed by atoms with Gasteiger partial charge >= 0.3 is 0 Å². The van der Waals surface area contributed by atoms with Gasteiger partial charge in [0.2, 0.25) is 5.91 Å². The quantitative estimate of drug-likeness (QED) is 0.833. The van der Waals surface area contributed by atoms with Crippen molar-refractivity contribution in [2.24, 2.45) is 5.92 Å². The molecule has 2 heterocycles. The van der Waals surface area contributed by atoms with Gasteiger partial charge in [-0.2, -0.15) is 0 Å². The van der Waals surface area contributed by atoms with E-state index in [0.29, 0.717) is 19.4 Å². The Labute approximate surface area is 131 Å². The van der Waals surface area contributed by atoms with Crippen molar-refractivity contribution >= 4 is 15.7 Å². The first-order valence-electron chi connectivity index (χ1n) is 8.06. The molecule has 1 amide bonds. The third kappa shape index (κ3) is 3.72. The minimum Gasteiger partial charge on any atom is -0.467 e. The smallest absolute Gasteiger partial charge is 0.223 e. The zero-order chi connectivity index (χ0) is 15.6. The van der Waals surface area contributed by atoms with Crippen LogP contribution in [0.5, 0.6) is 0 Å². The number of hydrogen-bond donors (Lipinski definition) is 0. The van der Waals surface area contributed by atoms with Crippen molar-refractivity contribution in [1.82, 2.24) is 4.90 Å². The van der Waals surface area contributed by atoms with Crippen LogP contribution in [-0.2, 0) is 21.2 Å². The molecule has 0 N–H and O–H groups in total. The summed E-state index contributed by atoms with van der Waals surface area (Å²) in [6.07, 6.45) is 6.97. The van der Waals surface area contributed by atoms with Crippen LogP contribution in [0.25, 0.3) is 0 Å². The first kappa shape index (κ1) is 15.6. The molecule has 6 heteroatoms. The molecular formula is C16H23NO4S. The van der Waals surface area contributed by atoms with E-state index in [2.05, 4.69) is 0 Å². The van der Waals surface area contributed by atoms with E-state index in [4.69, 9.17) is 4.42 Å². The topological polar surface area (TPSA) is 67.6 Å². The van der Waals surface area contributed by atoms with Crippen LogP contribution in [0.2, 0.25) is 0 Å². The average molecular weight is 325 g/mol. The van der Waals surface area contributed by atoms with Gasteiger partial charge in [-0.15, -0.1) is 0 Å². The summed E-state index contributed by atoms with van der Waals surface area (Å²) in [5.41, 5.74) is 0. The largest absolute Gasteiger partial charge is 0.467 e. The Morgan fingerprint density at radius 2 is 2.05 bits per heavy atom. The molecule has 1 saturated carbocycles. The summed E-state index contributed by atoms with van der Waals surface area (Å²) >= 11 is 0. The monoisotopic (exact) mass is 325 g/mol. The highest BCUT2D eigenvalue weighted by molar-refractivity contribution is 7.91. The predicted octanol–water partition coefficient (Wildman–Crippen LogP) is 2.38. The maximum absolute atomic E-state index is 12.7. The van der Waals surface area contributed by atoms with Crippen LogP contribution in [-0.4, -0.2) is 36.8 Å². The second-order valence-electron chi connectivity index (χ2n) is 6.51. The van der Waals surface area contributed by atoms with Gasteiger partial charge in [0, 0.05) is 12.5 Å². The Morgan fingerprint density at radius 3 is 2.64 bits per heavy atom. The zero-order valence-corrected chi connectivity index (χ0v) is 13.6. The van der Waals surface area contributed by atoms with Crippen molar-refractivity contribution in [3.05, 3.63) is 24.2 Å². The number of sulfone groups is 1. The van der Waals surface area contributed by atoms with Gasteiger partial charge in [-0.25, -0.2) is 8.42 Å². The summed E-state index contributed by atoms with van der Waals surface area (Å²) in [4.78, 5) is 14.6. The number of hydrogen-bond acceptors (Lipinski definition) is 4. The lowest BCUT2D eigenvalue weighted by Gasteiger charge is -2.29. The van der Waals surface area contributed by atoms with Gasteiger partial charge in [-0.3, -0.25) is 4.79 Å². The second kappa shape index (κ2) is 6.44. The van der Waals surface area contributed by atoms with E-state index in [1.807, 2.05) is 17.0 Å². The van der Waals surface area contributed by atoms with Crippen molar-refractivity contribution in [3.63, 3.8) is 0 Å². The fourth-order valence-corrected chi connectivity index (χ4v) is 5.47. The molecule has 1 atom stereocenters. The Bertz CT molecular complexity index is 602. The molecule has 1 aromatic heterocycles.